The highest BCUT2D eigenvalue weighted by atomic mass is 16.4. The van der Waals surface area contributed by atoms with Gasteiger partial charge in [-0.25, -0.2) is 9.78 Å². The number of hydrogen-bond acceptors (Lipinski definition) is 9. The molecule has 4 atom stereocenters. The van der Waals surface area contributed by atoms with Crippen LogP contribution in [0.15, 0.2) is 12.5 Å². The van der Waals surface area contributed by atoms with Gasteiger partial charge in [-0.3, -0.25) is 24.0 Å². The molecule has 0 radical (unpaired) electrons. The van der Waals surface area contributed by atoms with E-state index in [-0.39, 0.29) is 19.3 Å². The van der Waals surface area contributed by atoms with Crippen LogP contribution < -0.4 is 27.4 Å². The van der Waals surface area contributed by atoms with Gasteiger partial charge < -0.3 is 47.7 Å². The third-order valence-electron chi connectivity index (χ3n) is 4.72. The molecule has 0 aliphatic heterocycles. The number of nitrogens with zero attached hydrogens (tertiary/aromatic N) is 1. The summed E-state index contributed by atoms with van der Waals surface area (Å²) in [5, 5.41) is 34.2. The lowest BCUT2D eigenvalue weighted by atomic mass is 10.1. The van der Waals surface area contributed by atoms with Crippen molar-refractivity contribution in [2.75, 3.05) is 6.61 Å². The third-order valence-corrected chi connectivity index (χ3v) is 4.72. The Morgan fingerprint density at radius 3 is 2.00 bits per heavy atom. The number of aromatic nitrogens is 2. The number of H-pyrrole nitrogens is 1. The van der Waals surface area contributed by atoms with E-state index in [1.807, 2.05) is 0 Å². The molecule has 4 amide bonds. The average molecular weight is 499 g/mol. The molecule has 1 aromatic heterocycles. The van der Waals surface area contributed by atoms with Crippen molar-refractivity contribution < 1.29 is 44.1 Å². The van der Waals surface area contributed by atoms with Gasteiger partial charge in [-0.2, -0.15) is 0 Å². The van der Waals surface area contributed by atoms with Gasteiger partial charge in [0.15, 0.2) is 0 Å². The second-order valence-electron chi connectivity index (χ2n) is 7.53. The lowest BCUT2D eigenvalue weighted by Gasteiger charge is -2.24. The number of nitrogens with one attached hydrogen (secondary N) is 4. The molecule has 0 spiro atoms. The van der Waals surface area contributed by atoms with Crippen LogP contribution in [-0.2, 0) is 35.2 Å². The van der Waals surface area contributed by atoms with Gasteiger partial charge in [0.1, 0.15) is 18.1 Å². The molecule has 4 unspecified atom stereocenters. The SMILES string of the molecule is NC(=O)CCC(NC(=O)C(CCC(=O)O)NC(=O)C(CO)NC(=O)C(N)Cc1cnc[nH]1)C(=O)O. The summed E-state index contributed by atoms with van der Waals surface area (Å²) in [6, 6.07) is -5.71. The van der Waals surface area contributed by atoms with Crippen molar-refractivity contribution in [3.8, 4) is 0 Å². The highest BCUT2D eigenvalue weighted by Gasteiger charge is 2.30. The molecule has 0 saturated carbocycles. The molecule has 0 saturated heterocycles. The first-order valence-corrected chi connectivity index (χ1v) is 10.4. The summed E-state index contributed by atoms with van der Waals surface area (Å²) in [7, 11) is 0. The molecule has 1 rings (SSSR count). The summed E-state index contributed by atoms with van der Waals surface area (Å²) in [4.78, 5) is 77.3. The number of carboxylic acids is 2. The Morgan fingerprint density at radius 1 is 0.914 bits per heavy atom. The minimum Gasteiger partial charge on any atom is -0.481 e. The maximum atomic E-state index is 12.6. The number of carbonyl (C=O) groups excluding carboxylic acids is 4. The lowest BCUT2D eigenvalue weighted by Crippen LogP contribution is -2.58. The maximum Gasteiger partial charge on any atom is 0.326 e. The van der Waals surface area contributed by atoms with Crippen LogP contribution >= 0.6 is 0 Å². The molecule has 0 fully saturated rings. The van der Waals surface area contributed by atoms with Crippen molar-refractivity contribution in [1.29, 1.82) is 0 Å². The smallest absolute Gasteiger partial charge is 0.326 e. The number of carboxylic acid groups (broad SMARTS) is 2. The Kier molecular flexibility index (Phi) is 11.8. The van der Waals surface area contributed by atoms with Crippen molar-refractivity contribution in [2.24, 2.45) is 11.5 Å². The summed E-state index contributed by atoms with van der Waals surface area (Å²) in [5.41, 5.74) is 11.3. The molecular weight excluding hydrogens is 470 g/mol. The first kappa shape index (κ1) is 29.0. The summed E-state index contributed by atoms with van der Waals surface area (Å²) in [6.45, 7) is -0.877. The summed E-state index contributed by atoms with van der Waals surface area (Å²) < 4.78 is 0. The number of amides is 4. The summed E-state index contributed by atoms with van der Waals surface area (Å²) in [6.07, 6.45) is 1.21. The maximum absolute atomic E-state index is 12.6. The van der Waals surface area contributed by atoms with E-state index in [4.69, 9.17) is 16.6 Å². The van der Waals surface area contributed by atoms with Crippen molar-refractivity contribution in [1.82, 2.24) is 25.9 Å². The number of primary amides is 1. The Bertz CT molecular complexity index is 906. The molecule has 194 valence electrons. The van der Waals surface area contributed by atoms with E-state index >= 15 is 0 Å². The zero-order chi connectivity index (χ0) is 26.5. The molecular formula is C19H29N7O9. The van der Waals surface area contributed by atoms with E-state index in [2.05, 4.69) is 25.9 Å². The van der Waals surface area contributed by atoms with Crippen LogP contribution in [0.3, 0.4) is 0 Å². The van der Waals surface area contributed by atoms with Crippen molar-refractivity contribution >= 4 is 35.6 Å². The standard InChI is InChI=1S/C19H29N7O9/c20-10(5-9-6-22-8-23-9)16(31)26-13(7-27)18(33)24-11(2-4-15(29)30)17(32)25-12(19(34)35)1-3-14(21)28/h6,8,10-13,27H,1-5,7,20H2,(H2,21,28)(H,22,23)(H,24,33)(H,25,32)(H,26,31)(H,29,30)(H,34,35). The van der Waals surface area contributed by atoms with Crippen LogP contribution in [0, 0.1) is 0 Å². The Hall–Kier alpha value is -4.05. The topological polar surface area (TPSA) is 280 Å². The number of imidazole rings is 1. The monoisotopic (exact) mass is 499 g/mol. The van der Waals surface area contributed by atoms with E-state index in [9.17, 15) is 39.0 Å². The average Bonchev–Trinajstić information content (AvgIpc) is 3.29. The molecule has 35 heavy (non-hydrogen) atoms. The number of aliphatic carboxylic acids is 2. The zero-order valence-electron chi connectivity index (χ0n) is 18.6. The molecule has 1 aromatic rings. The van der Waals surface area contributed by atoms with E-state index < -0.39 is 79.2 Å². The fraction of sp³-hybridized carbons (Fsp3) is 0.526. The zero-order valence-corrected chi connectivity index (χ0v) is 18.6. The van der Waals surface area contributed by atoms with Gasteiger partial charge in [0.05, 0.1) is 19.0 Å². The van der Waals surface area contributed by atoms with Gasteiger partial charge in [-0.15, -0.1) is 0 Å². The second kappa shape index (κ2) is 14.3. The van der Waals surface area contributed by atoms with Gasteiger partial charge in [-0.1, -0.05) is 0 Å². The normalized spacial score (nSPS) is 14.1. The Labute approximate surface area is 198 Å². The number of aliphatic hydroxyl groups is 1. The molecule has 0 aliphatic rings. The Morgan fingerprint density at radius 2 is 1.49 bits per heavy atom. The van der Waals surface area contributed by atoms with Gasteiger partial charge in [0, 0.05) is 31.2 Å². The van der Waals surface area contributed by atoms with Crippen LogP contribution in [0.1, 0.15) is 31.4 Å². The third kappa shape index (κ3) is 10.6. The minimum absolute atomic E-state index is 0.0527. The quantitative estimate of drug-likeness (QED) is 0.105. The van der Waals surface area contributed by atoms with Gasteiger partial charge >= 0.3 is 11.9 Å². The van der Waals surface area contributed by atoms with Gasteiger partial charge in [-0.05, 0) is 12.8 Å². The number of aromatic amines is 1. The Balaban J connectivity index is 2.85. The largest absolute Gasteiger partial charge is 0.481 e. The van der Waals surface area contributed by atoms with Crippen molar-refractivity contribution in [3.63, 3.8) is 0 Å². The van der Waals surface area contributed by atoms with Crippen LogP contribution in [-0.4, -0.2) is 91.6 Å². The van der Waals surface area contributed by atoms with Crippen LogP contribution in [0.2, 0.25) is 0 Å². The number of nitrogens with two attached hydrogens (primary N) is 2. The van der Waals surface area contributed by atoms with Crippen molar-refractivity contribution in [3.05, 3.63) is 18.2 Å². The highest BCUT2D eigenvalue weighted by molar-refractivity contribution is 5.94. The molecule has 16 heteroatoms. The van der Waals surface area contributed by atoms with Gasteiger partial charge in [0.2, 0.25) is 23.6 Å². The molecule has 16 nitrogen and oxygen atoms in total. The minimum atomic E-state index is -1.54. The van der Waals surface area contributed by atoms with E-state index in [1.54, 1.807) is 0 Å². The molecule has 1 heterocycles. The van der Waals surface area contributed by atoms with Crippen LogP contribution in [0.25, 0.3) is 0 Å². The molecule has 0 bridgehead atoms. The van der Waals surface area contributed by atoms with Crippen LogP contribution in [0.5, 0.6) is 0 Å². The molecule has 11 N–H and O–H groups in total. The number of rotatable bonds is 16. The number of aliphatic hydroxyl groups excluding tert-OH is 1. The first-order valence-electron chi connectivity index (χ1n) is 10.4. The molecule has 0 aromatic carbocycles. The second-order valence-corrected chi connectivity index (χ2v) is 7.53. The molecule has 0 aliphatic carbocycles. The highest BCUT2D eigenvalue weighted by Crippen LogP contribution is 2.04. The van der Waals surface area contributed by atoms with E-state index in [0.717, 1.165) is 0 Å². The number of hydrogen-bond donors (Lipinski definition) is 9. The fourth-order valence-electron chi connectivity index (χ4n) is 2.82. The predicted molar refractivity (Wildman–Crippen MR) is 116 cm³/mol. The first-order chi connectivity index (χ1) is 16.4. The van der Waals surface area contributed by atoms with Crippen molar-refractivity contribution in [2.45, 2.75) is 56.3 Å². The van der Waals surface area contributed by atoms with E-state index in [0.29, 0.717) is 5.69 Å². The number of carbonyl (C=O) groups is 6. The van der Waals surface area contributed by atoms with Crippen LogP contribution in [0.4, 0.5) is 0 Å². The lowest BCUT2D eigenvalue weighted by molar-refractivity contribution is -0.143. The summed E-state index contributed by atoms with van der Waals surface area (Å²) in [5.74, 6) is -6.45. The summed E-state index contributed by atoms with van der Waals surface area (Å²) >= 11 is 0. The van der Waals surface area contributed by atoms with Gasteiger partial charge in [0.25, 0.3) is 0 Å². The fourth-order valence-corrected chi connectivity index (χ4v) is 2.82. The van der Waals surface area contributed by atoms with E-state index in [1.165, 1.54) is 12.5 Å². The predicted octanol–water partition coefficient (Wildman–Crippen LogP) is -4.06.